The summed E-state index contributed by atoms with van der Waals surface area (Å²) in [7, 11) is 0. The van der Waals surface area contributed by atoms with Gasteiger partial charge in [-0.25, -0.2) is 0 Å². The number of nitrogens with zero attached hydrogens (tertiary/aromatic N) is 2. The summed E-state index contributed by atoms with van der Waals surface area (Å²) in [5, 5.41) is 16.1. The molecular formula is C12H14N4O2. The zero-order valence-corrected chi connectivity index (χ0v) is 9.92. The third-order valence-corrected chi connectivity index (χ3v) is 2.39. The number of carbonyl (C=O) groups excluding carboxylic acids is 1. The molecule has 0 atom stereocenters. The number of nitrogen functional groups attached to an aromatic ring is 1. The molecule has 0 saturated heterocycles. The monoisotopic (exact) mass is 246 g/mol. The van der Waals surface area contributed by atoms with Gasteiger partial charge in [-0.05, 0) is 30.7 Å². The molecule has 1 aromatic carbocycles. The van der Waals surface area contributed by atoms with Crippen molar-refractivity contribution >= 4 is 17.4 Å². The highest BCUT2D eigenvalue weighted by Gasteiger charge is 2.07. The van der Waals surface area contributed by atoms with Crippen molar-refractivity contribution in [2.75, 3.05) is 11.1 Å². The number of nitrogens with two attached hydrogens (primary N) is 1. The van der Waals surface area contributed by atoms with Crippen LogP contribution in [0.25, 0.3) is 0 Å². The molecule has 0 spiro atoms. The van der Waals surface area contributed by atoms with Crippen molar-refractivity contribution in [3.63, 3.8) is 0 Å². The molecule has 94 valence electrons. The molecule has 4 N–H and O–H groups in total. The number of aromatic nitrogens is 2. The second kappa shape index (κ2) is 4.79. The van der Waals surface area contributed by atoms with Gasteiger partial charge in [0.05, 0.1) is 5.69 Å². The largest absolute Gasteiger partial charge is 0.506 e. The quantitative estimate of drug-likeness (QED) is 0.707. The summed E-state index contributed by atoms with van der Waals surface area (Å²) in [6, 6.07) is 6.61. The molecule has 0 bridgehead atoms. The van der Waals surface area contributed by atoms with Crippen molar-refractivity contribution < 1.29 is 9.90 Å². The van der Waals surface area contributed by atoms with Crippen LogP contribution in [0, 0.1) is 6.92 Å². The maximum absolute atomic E-state index is 11.7. The number of phenols is 1. The summed E-state index contributed by atoms with van der Waals surface area (Å²) in [5.41, 5.74) is 6.79. The van der Waals surface area contributed by atoms with Gasteiger partial charge in [-0.3, -0.25) is 9.48 Å². The molecule has 0 fully saturated rings. The van der Waals surface area contributed by atoms with Gasteiger partial charge in [0.2, 0.25) is 5.91 Å². The summed E-state index contributed by atoms with van der Waals surface area (Å²) < 4.78 is 1.43. The molecule has 0 aliphatic rings. The van der Waals surface area contributed by atoms with Crippen molar-refractivity contribution in [3.8, 4) is 5.75 Å². The molecule has 18 heavy (non-hydrogen) atoms. The van der Waals surface area contributed by atoms with Crippen LogP contribution in [0.15, 0.2) is 30.5 Å². The molecule has 1 aromatic heterocycles. The molecule has 0 unspecified atom stereocenters. The highest BCUT2D eigenvalue weighted by atomic mass is 16.3. The third kappa shape index (κ3) is 2.79. The molecule has 0 aliphatic heterocycles. The maximum atomic E-state index is 11.7. The number of anilines is 2. The molecule has 6 nitrogen and oxygen atoms in total. The van der Waals surface area contributed by atoms with Crippen molar-refractivity contribution in [2.45, 2.75) is 13.5 Å². The van der Waals surface area contributed by atoms with Crippen LogP contribution in [-0.4, -0.2) is 20.8 Å². The Labute approximate surface area is 104 Å². The average molecular weight is 246 g/mol. The van der Waals surface area contributed by atoms with E-state index in [1.165, 1.54) is 10.7 Å². The summed E-state index contributed by atoms with van der Waals surface area (Å²) in [6.07, 6.45) is 1.62. The van der Waals surface area contributed by atoms with Crippen molar-refractivity contribution in [1.29, 1.82) is 0 Å². The topological polar surface area (TPSA) is 93.2 Å². The lowest BCUT2D eigenvalue weighted by atomic mass is 10.2. The van der Waals surface area contributed by atoms with Crippen LogP contribution >= 0.6 is 0 Å². The van der Waals surface area contributed by atoms with Crippen LogP contribution in [0.2, 0.25) is 0 Å². The van der Waals surface area contributed by atoms with Crippen LogP contribution in [0.5, 0.6) is 5.75 Å². The first-order valence-electron chi connectivity index (χ1n) is 5.43. The molecule has 0 aliphatic carbocycles. The Morgan fingerprint density at radius 3 is 2.94 bits per heavy atom. The minimum absolute atomic E-state index is 0.0360. The van der Waals surface area contributed by atoms with Gasteiger partial charge in [-0.1, -0.05) is 6.07 Å². The van der Waals surface area contributed by atoms with Crippen molar-refractivity contribution in [3.05, 3.63) is 36.0 Å². The minimum atomic E-state index is -0.279. The number of aryl methyl sites for hydroxylation is 1. The van der Waals surface area contributed by atoms with E-state index in [2.05, 4.69) is 10.4 Å². The first-order chi connectivity index (χ1) is 8.54. The highest BCUT2D eigenvalue weighted by Crippen LogP contribution is 2.23. The van der Waals surface area contributed by atoms with E-state index in [1.807, 2.05) is 6.92 Å². The van der Waals surface area contributed by atoms with Crippen LogP contribution in [-0.2, 0) is 11.3 Å². The van der Waals surface area contributed by atoms with Crippen LogP contribution in [0.3, 0.4) is 0 Å². The molecule has 0 radical (unpaired) electrons. The Morgan fingerprint density at radius 2 is 2.28 bits per heavy atom. The van der Waals surface area contributed by atoms with Gasteiger partial charge in [0.15, 0.2) is 0 Å². The molecule has 2 rings (SSSR count). The fourth-order valence-electron chi connectivity index (χ4n) is 1.55. The number of rotatable bonds is 3. The smallest absolute Gasteiger partial charge is 0.246 e. The lowest BCUT2D eigenvalue weighted by Crippen LogP contribution is -2.19. The minimum Gasteiger partial charge on any atom is -0.506 e. The second-order valence-electron chi connectivity index (χ2n) is 4.01. The molecule has 6 heteroatoms. The van der Waals surface area contributed by atoms with Gasteiger partial charge < -0.3 is 16.2 Å². The van der Waals surface area contributed by atoms with Gasteiger partial charge in [0.1, 0.15) is 18.1 Å². The van der Waals surface area contributed by atoms with E-state index in [4.69, 9.17) is 5.73 Å². The maximum Gasteiger partial charge on any atom is 0.246 e. The van der Waals surface area contributed by atoms with Crippen LogP contribution < -0.4 is 11.1 Å². The number of benzene rings is 1. The Kier molecular flexibility index (Phi) is 3.18. The lowest BCUT2D eigenvalue weighted by molar-refractivity contribution is -0.116. The average Bonchev–Trinajstić information content (AvgIpc) is 2.69. The molecule has 0 saturated carbocycles. The summed E-state index contributed by atoms with van der Waals surface area (Å²) in [6.45, 7) is 1.92. The summed E-state index contributed by atoms with van der Waals surface area (Å²) >= 11 is 0. The number of carbonyl (C=O) groups is 1. The fraction of sp³-hybridized carbons (Fsp3) is 0.167. The van der Waals surface area contributed by atoms with Gasteiger partial charge in [0.25, 0.3) is 0 Å². The second-order valence-corrected chi connectivity index (χ2v) is 4.01. The Morgan fingerprint density at radius 1 is 1.50 bits per heavy atom. The van der Waals surface area contributed by atoms with E-state index in [0.29, 0.717) is 11.5 Å². The van der Waals surface area contributed by atoms with Gasteiger partial charge in [-0.2, -0.15) is 5.10 Å². The highest BCUT2D eigenvalue weighted by molar-refractivity contribution is 5.92. The zero-order valence-electron chi connectivity index (χ0n) is 9.92. The number of phenolic OH excluding ortho intramolecular Hbond substituents is 1. The summed E-state index contributed by atoms with van der Waals surface area (Å²) in [5.74, 6) is 0.120. The molecule has 1 amide bonds. The van der Waals surface area contributed by atoms with E-state index < -0.39 is 0 Å². The van der Waals surface area contributed by atoms with E-state index >= 15 is 0 Å². The Balaban J connectivity index is 2.05. The molecule has 1 heterocycles. The van der Waals surface area contributed by atoms with E-state index in [-0.39, 0.29) is 18.2 Å². The normalized spacial score (nSPS) is 10.3. The predicted octanol–water partition coefficient (Wildman–Crippen LogP) is 1.12. The molecule has 2 aromatic rings. The number of aromatic hydroxyl groups is 1. The standard InChI is InChI=1S/C12H14N4O2/c1-8-2-3-10(17)9(6-8)14-12(18)7-16-5-4-11(13)15-16/h2-6,17H,7H2,1H3,(H2,13,15)(H,14,18). The van der Waals surface area contributed by atoms with Gasteiger partial charge >= 0.3 is 0 Å². The SMILES string of the molecule is Cc1ccc(O)c(NC(=O)Cn2ccc(N)n2)c1. The first kappa shape index (κ1) is 12.0. The van der Waals surface area contributed by atoms with E-state index in [9.17, 15) is 9.90 Å². The van der Waals surface area contributed by atoms with Gasteiger partial charge in [0, 0.05) is 6.20 Å². The van der Waals surface area contributed by atoms with Crippen LogP contribution in [0.1, 0.15) is 5.56 Å². The van der Waals surface area contributed by atoms with Crippen LogP contribution in [0.4, 0.5) is 11.5 Å². The van der Waals surface area contributed by atoms with Crippen molar-refractivity contribution in [2.24, 2.45) is 0 Å². The number of nitrogens with one attached hydrogen (secondary N) is 1. The van der Waals surface area contributed by atoms with Crippen molar-refractivity contribution in [1.82, 2.24) is 9.78 Å². The Bertz CT molecular complexity index is 577. The summed E-state index contributed by atoms with van der Waals surface area (Å²) in [4.78, 5) is 11.7. The lowest BCUT2D eigenvalue weighted by Gasteiger charge is -2.08. The fourth-order valence-corrected chi connectivity index (χ4v) is 1.55. The van der Waals surface area contributed by atoms with E-state index in [0.717, 1.165) is 5.56 Å². The third-order valence-electron chi connectivity index (χ3n) is 2.39. The number of hydrogen-bond donors (Lipinski definition) is 3. The zero-order chi connectivity index (χ0) is 13.1. The number of amides is 1. The van der Waals surface area contributed by atoms with E-state index in [1.54, 1.807) is 24.4 Å². The Hall–Kier alpha value is -2.50. The predicted molar refractivity (Wildman–Crippen MR) is 68.1 cm³/mol. The first-order valence-corrected chi connectivity index (χ1v) is 5.43. The number of hydrogen-bond acceptors (Lipinski definition) is 4. The van der Waals surface area contributed by atoms with Gasteiger partial charge in [-0.15, -0.1) is 0 Å². The molecular weight excluding hydrogens is 232 g/mol.